The Hall–Kier alpha value is -0.710. The highest BCUT2D eigenvalue weighted by atomic mass is 32.1. The average Bonchev–Trinajstić information content (AvgIpc) is 2.94. The van der Waals surface area contributed by atoms with Crippen molar-refractivity contribution in [3.8, 4) is 9.88 Å². The van der Waals surface area contributed by atoms with E-state index in [1.165, 1.54) is 9.75 Å². The summed E-state index contributed by atoms with van der Waals surface area (Å²) in [6.45, 7) is 6.17. The Bertz CT molecular complexity index is 445. The second-order valence-electron chi connectivity index (χ2n) is 3.54. The molecule has 2 heterocycles. The standard InChI is InChI=1S/C12H16N2S2/c1-3-10-5-6-11(16-10)12-14-9(8-15-12)7-13-4-2/h5-6,8,13H,3-4,7H2,1-2H3. The van der Waals surface area contributed by atoms with Crippen LogP contribution in [-0.2, 0) is 13.0 Å². The van der Waals surface area contributed by atoms with Crippen LogP contribution in [0.2, 0.25) is 0 Å². The highest BCUT2D eigenvalue weighted by molar-refractivity contribution is 7.21. The smallest absolute Gasteiger partial charge is 0.133 e. The van der Waals surface area contributed by atoms with E-state index in [9.17, 15) is 0 Å². The van der Waals surface area contributed by atoms with Crippen molar-refractivity contribution in [1.82, 2.24) is 10.3 Å². The van der Waals surface area contributed by atoms with Gasteiger partial charge in [-0.05, 0) is 25.1 Å². The number of nitrogens with zero attached hydrogens (tertiary/aromatic N) is 1. The summed E-state index contributed by atoms with van der Waals surface area (Å²) in [5.74, 6) is 0. The third-order valence-electron chi connectivity index (χ3n) is 2.33. The lowest BCUT2D eigenvalue weighted by Crippen LogP contribution is -2.11. The number of hydrogen-bond donors (Lipinski definition) is 1. The molecule has 1 N–H and O–H groups in total. The van der Waals surface area contributed by atoms with Crippen molar-refractivity contribution in [3.63, 3.8) is 0 Å². The average molecular weight is 252 g/mol. The number of aromatic nitrogens is 1. The van der Waals surface area contributed by atoms with Gasteiger partial charge in [0.05, 0.1) is 10.6 Å². The fourth-order valence-electron chi connectivity index (χ4n) is 1.44. The molecule has 0 aliphatic carbocycles. The Morgan fingerprint density at radius 3 is 2.88 bits per heavy atom. The zero-order valence-electron chi connectivity index (χ0n) is 9.62. The Kier molecular flexibility index (Phi) is 4.09. The van der Waals surface area contributed by atoms with Gasteiger partial charge in [0.1, 0.15) is 5.01 Å². The molecule has 0 aliphatic rings. The van der Waals surface area contributed by atoms with Gasteiger partial charge in [-0.1, -0.05) is 13.8 Å². The van der Waals surface area contributed by atoms with Gasteiger partial charge in [-0.2, -0.15) is 0 Å². The first-order valence-corrected chi connectivity index (χ1v) is 7.27. The molecular weight excluding hydrogens is 236 g/mol. The van der Waals surface area contributed by atoms with Crippen LogP contribution in [0.15, 0.2) is 17.5 Å². The number of aryl methyl sites for hydroxylation is 1. The maximum atomic E-state index is 4.63. The van der Waals surface area contributed by atoms with Gasteiger partial charge in [-0.25, -0.2) is 4.98 Å². The predicted molar refractivity (Wildman–Crippen MR) is 72.2 cm³/mol. The lowest BCUT2D eigenvalue weighted by atomic mass is 10.4. The Balaban J connectivity index is 2.11. The molecule has 0 aromatic carbocycles. The molecule has 0 radical (unpaired) electrons. The summed E-state index contributed by atoms with van der Waals surface area (Å²) in [5.41, 5.74) is 1.15. The molecule has 4 heteroatoms. The fourth-order valence-corrected chi connectivity index (χ4v) is 3.28. The minimum Gasteiger partial charge on any atom is -0.311 e. The van der Waals surface area contributed by atoms with E-state index in [1.807, 2.05) is 11.3 Å². The number of nitrogens with one attached hydrogen (secondary N) is 1. The van der Waals surface area contributed by atoms with Crippen LogP contribution in [0.4, 0.5) is 0 Å². The van der Waals surface area contributed by atoms with E-state index in [4.69, 9.17) is 0 Å². The minimum absolute atomic E-state index is 0.874. The first kappa shape index (κ1) is 11.8. The van der Waals surface area contributed by atoms with E-state index in [0.29, 0.717) is 0 Å². The van der Waals surface area contributed by atoms with Crippen molar-refractivity contribution in [2.75, 3.05) is 6.54 Å². The van der Waals surface area contributed by atoms with Crippen molar-refractivity contribution in [2.24, 2.45) is 0 Å². The first-order valence-electron chi connectivity index (χ1n) is 5.57. The van der Waals surface area contributed by atoms with E-state index in [2.05, 4.69) is 41.7 Å². The Labute approximate surface area is 104 Å². The van der Waals surface area contributed by atoms with Crippen molar-refractivity contribution >= 4 is 22.7 Å². The molecule has 2 rings (SSSR count). The summed E-state index contributed by atoms with van der Waals surface area (Å²) < 4.78 is 0. The summed E-state index contributed by atoms with van der Waals surface area (Å²) in [7, 11) is 0. The van der Waals surface area contributed by atoms with Gasteiger partial charge in [0.15, 0.2) is 0 Å². The number of thiazole rings is 1. The topological polar surface area (TPSA) is 24.9 Å². The van der Waals surface area contributed by atoms with Gasteiger partial charge < -0.3 is 5.32 Å². The molecule has 0 unspecified atom stereocenters. The summed E-state index contributed by atoms with van der Waals surface area (Å²) in [5, 5.41) is 6.59. The van der Waals surface area contributed by atoms with Crippen LogP contribution in [0.3, 0.4) is 0 Å². The van der Waals surface area contributed by atoms with Crippen LogP contribution in [-0.4, -0.2) is 11.5 Å². The van der Waals surface area contributed by atoms with Gasteiger partial charge in [0, 0.05) is 16.8 Å². The normalized spacial score (nSPS) is 10.9. The number of rotatable bonds is 5. The van der Waals surface area contributed by atoms with Crippen molar-refractivity contribution in [1.29, 1.82) is 0 Å². The zero-order chi connectivity index (χ0) is 11.4. The third kappa shape index (κ3) is 2.70. The summed E-state index contributed by atoms with van der Waals surface area (Å²) in [6.07, 6.45) is 1.11. The first-order chi connectivity index (χ1) is 7.83. The molecular formula is C12H16N2S2. The molecule has 0 atom stereocenters. The van der Waals surface area contributed by atoms with Crippen LogP contribution >= 0.6 is 22.7 Å². The molecule has 2 aromatic rings. The van der Waals surface area contributed by atoms with Gasteiger partial charge in [-0.3, -0.25) is 0 Å². The van der Waals surface area contributed by atoms with Gasteiger partial charge >= 0.3 is 0 Å². The minimum atomic E-state index is 0.874. The third-order valence-corrected chi connectivity index (χ3v) is 4.62. The molecule has 0 fully saturated rings. The summed E-state index contributed by atoms with van der Waals surface area (Å²) >= 11 is 3.59. The molecule has 2 aromatic heterocycles. The Morgan fingerprint density at radius 2 is 2.19 bits per heavy atom. The molecule has 86 valence electrons. The second kappa shape index (κ2) is 5.57. The summed E-state index contributed by atoms with van der Waals surface area (Å²) in [4.78, 5) is 7.36. The second-order valence-corrected chi connectivity index (χ2v) is 5.57. The largest absolute Gasteiger partial charge is 0.311 e. The van der Waals surface area contributed by atoms with Crippen LogP contribution in [0.5, 0.6) is 0 Å². The molecule has 0 amide bonds. The van der Waals surface area contributed by atoms with Crippen LogP contribution in [0, 0.1) is 0 Å². The fraction of sp³-hybridized carbons (Fsp3) is 0.417. The zero-order valence-corrected chi connectivity index (χ0v) is 11.3. The molecule has 2 nitrogen and oxygen atoms in total. The van der Waals surface area contributed by atoms with Crippen LogP contribution < -0.4 is 5.32 Å². The molecule has 16 heavy (non-hydrogen) atoms. The van der Waals surface area contributed by atoms with Gasteiger partial charge in [0.2, 0.25) is 0 Å². The molecule has 0 saturated carbocycles. The SMILES string of the molecule is CCNCc1csc(-c2ccc(CC)s2)n1. The van der Waals surface area contributed by atoms with Crippen molar-refractivity contribution < 1.29 is 0 Å². The van der Waals surface area contributed by atoms with E-state index >= 15 is 0 Å². The predicted octanol–water partition coefficient (Wildman–Crippen LogP) is 3.54. The lowest BCUT2D eigenvalue weighted by Gasteiger charge is -1.95. The van der Waals surface area contributed by atoms with Crippen LogP contribution in [0.1, 0.15) is 24.4 Å². The number of hydrogen-bond acceptors (Lipinski definition) is 4. The van der Waals surface area contributed by atoms with E-state index < -0.39 is 0 Å². The lowest BCUT2D eigenvalue weighted by molar-refractivity contribution is 0.715. The maximum Gasteiger partial charge on any atom is 0.133 e. The summed E-state index contributed by atoms with van der Waals surface area (Å²) in [6, 6.07) is 4.38. The highest BCUT2D eigenvalue weighted by Crippen LogP contribution is 2.30. The van der Waals surface area contributed by atoms with Gasteiger partial charge in [-0.15, -0.1) is 22.7 Å². The quantitative estimate of drug-likeness (QED) is 0.880. The maximum absolute atomic E-state index is 4.63. The highest BCUT2D eigenvalue weighted by Gasteiger charge is 2.06. The van der Waals surface area contributed by atoms with Crippen molar-refractivity contribution in [2.45, 2.75) is 26.8 Å². The van der Waals surface area contributed by atoms with Crippen molar-refractivity contribution in [3.05, 3.63) is 28.1 Å². The Morgan fingerprint density at radius 1 is 1.31 bits per heavy atom. The molecule has 0 aliphatic heterocycles. The van der Waals surface area contributed by atoms with E-state index in [-0.39, 0.29) is 0 Å². The molecule has 0 spiro atoms. The number of thiophene rings is 1. The van der Waals surface area contributed by atoms with Crippen LogP contribution in [0.25, 0.3) is 9.88 Å². The molecule has 0 bridgehead atoms. The van der Waals surface area contributed by atoms with Gasteiger partial charge in [0.25, 0.3) is 0 Å². The molecule has 0 saturated heterocycles. The van der Waals surface area contributed by atoms with E-state index in [0.717, 1.165) is 30.2 Å². The van der Waals surface area contributed by atoms with E-state index in [1.54, 1.807) is 11.3 Å². The monoisotopic (exact) mass is 252 g/mol.